The van der Waals surface area contributed by atoms with Crippen LogP contribution in [-0.2, 0) is 0 Å². The molecule has 2 aliphatic heterocycles. The number of fused-ring (bicyclic) bond motifs is 2. The normalized spacial score (nSPS) is 16.5. The van der Waals surface area contributed by atoms with Crippen LogP contribution in [-0.4, -0.2) is 58.4 Å². The summed E-state index contributed by atoms with van der Waals surface area (Å²) in [6.07, 6.45) is 8.39. The molecule has 8 heteroatoms. The average Bonchev–Trinajstić information content (AvgIpc) is 3.34. The van der Waals surface area contributed by atoms with Gasteiger partial charge in [0.1, 0.15) is 5.56 Å². The van der Waals surface area contributed by atoms with Gasteiger partial charge in [-0.2, -0.15) is 5.10 Å². The Bertz CT molecular complexity index is 1060. The molecular weight excluding hydrogens is 382 g/mol. The first-order valence-corrected chi connectivity index (χ1v) is 10.5. The molecule has 0 atom stereocenters. The number of nitrogens with zero attached hydrogens (tertiary/aromatic N) is 4. The van der Waals surface area contributed by atoms with E-state index in [0.29, 0.717) is 23.5 Å². The second-order valence-corrected chi connectivity index (χ2v) is 7.70. The Hall–Kier alpha value is -3.13. The Kier molecular flexibility index (Phi) is 5.23. The van der Waals surface area contributed by atoms with Gasteiger partial charge >= 0.3 is 0 Å². The molecule has 2 aliphatic rings. The summed E-state index contributed by atoms with van der Waals surface area (Å²) in [6.45, 7) is 3.97. The highest BCUT2D eigenvalue weighted by Crippen LogP contribution is 2.35. The van der Waals surface area contributed by atoms with Crippen molar-refractivity contribution in [1.29, 1.82) is 0 Å². The Balaban J connectivity index is 1.32. The van der Waals surface area contributed by atoms with E-state index in [4.69, 9.17) is 9.47 Å². The van der Waals surface area contributed by atoms with Crippen molar-refractivity contribution < 1.29 is 14.3 Å². The number of nitrogens with one attached hydrogen (secondary N) is 1. The molecule has 1 N–H and O–H groups in total. The van der Waals surface area contributed by atoms with Gasteiger partial charge in [-0.15, -0.1) is 0 Å². The van der Waals surface area contributed by atoms with E-state index in [9.17, 15) is 4.79 Å². The lowest BCUT2D eigenvalue weighted by atomic mass is 10.1. The predicted octanol–water partition coefficient (Wildman–Crippen LogP) is 2.73. The summed E-state index contributed by atoms with van der Waals surface area (Å²) in [4.78, 5) is 19.6. The van der Waals surface area contributed by atoms with E-state index >= 15 is 0 Å². The second kappa shape index (κ2) is 8.31. The minimum atomic E-state index is -0.143. The van der Waals surface area contributed by atoms with Crippen LogP contribution in [0.25, 0.3) is 16.9 Å². The van der Waals surface area contributed by atoms with Gasteiger partial charge < -0.3 is 19.7 Å². The van der Waals surface area contributed by atoms with Crippen LogP contribution in [0.2, 0.25) is 0 Å². The van der Waals surface area contributed by atoms with Crippen molar-refractivity contribution in [2.45, 2.75) is 25.7 Å². The van der Waals surface area contributed by atoms with Crippen LogP contribution in [0.3, 0.4) is 0 Å². The van der Waals surface area contributed by atoms with E-state index < -0.39 is 0 Å². The Morgan fingerprint density at radius 2 is 1.90 bits per heavy atom. The predicted molar refractivity (Wildman–Crippen MR) is 112 cm³/mol. The molecule has 0 saturated carbocycles. The molecule has 5 rings (SSSR count). The minimum Gasteiger partial charge on any atom is -0.454 e. The van der Waals surface area contributed by atoms with Crippen LogP contribution < -0.4 is 14.8 Å². The summed E-state index contributed by atoms with van der Waals surface area (Å²) < 4.78 is 12.6. The van der Waals surface area contributed by atoms with Gasteiger partial charge in [0.15, 0.2) is 17.1 Å². The molecule has 0 spiro atoms. The Morgan fingerprint density at radius 3 is 2.77 bits per heavy atom. The molecule has 3 aromatic rings. The summed E-state index contributed by atoms with van der Waals surface area (Å²) in [6, 6.07) is 7.62. The van der Waals surface area contributed by atoms with Gasteiger partial charge in [-0.1, -0.05) is 12.8 Å². The van der Waals surface area contributed by atoms with E-state index in [0.717, 1.165) is 36.6 Å². The number of aromatic nitrogens is 3. The van der Waals surface area contributed by atoms with Gasteiger partial charge in [-0.05, 0) is 50.2 Å². The lowest BCUT2D eigenvalue weighted by Gasteiger charge is -2.19. The van der Waals surface area contributed by atoms with Crippen molar-refractivity contribution in [3.63, 3.8) is 0 Å². The summed E-state index contributed by atoms with van der Waals surface area (Å²) in [5.41, 5.74) is 2.77. The molecule has 1 saturated heterocycles. The third kappa shape index (κ3) is 3.70. The first kappa shape index (κ1) is 18.9. The third-order valence-corrected chi connectivity index (χ3v) is 5.73. The molecule has 0 aliphatic carbocycles. The number of ether oxygens (including phenoxy) is 2. The van der Waals surface area contributed by atoms with Crippen LogP contribution >= 0.6 is 0 Å². The molecule has 0 bridgehead atoms. The molecule has 2 aromatic heterocycles. The summed E-state index contributed by atoms with van der Waals surface area (Å²) in [5.74, 6) is 1.29. The van der Waals surface area contributed by atoms with E-state index in [1.165, 1.54) is 25.7 Å². The topological polar surface area (TPSA) is 81.0 Å². The molecule has 0 radical (unpaired) electrons. The number of amides is 1. The smallest absolute Gasteiger partial charge is 0.256 e. The summed E-state index contributed by atoms with van der Waals surface area (Å²) in [5, 5.41) is 7.46. The molecule has 30 heavy (non-hydrogen) atoms. The highest BCUT2D eigenvalue weighted by molar-refractivity contribution is 5.99. The lowest BCUT2D eigenvalue weighted by Crippen LogP contribution is -2.35. The first-order chi connectivity index (χ1) is 14.8. The van der Waals surface area contributed by atoms with Gasteiger partial charge in [-0.3, -0.25) is 4.79 Å². The number of likely N-dealkylation sites (tertiary alicyclic amines) is 1. The largest absolute Gasteiger partial charge is 0.454 e. The van der Waals surface area contributed by atoms with E-state index in [2.05, 4.69) is 20.3 Å². The quantitative estimate of drug-likeness (QED) is 0.701. The fourth-order valence-corrected chi connectivity index (χ4v) is 4.11. The molecular formula is C22H25N5O3. The molecule has 156 valence electrons. The van der Waals surface area contributed by atoms with Crippen molar-refractivity contribution in [2.75, 3.05) is 33.0 Å². The maximum atomic E-state index is 12.8. The summed E-state index contributed by atoms with van der Waals surface area (Å²) >= 11 is 0. The zero-order valence-electron chi connectivity index (χ0n) is 16.8. The van der Waals surface area contributed by atoms with Gasteiger partial charge in [0, 0.05) is 24.8 Å². The summed E-state index contributed by atoms with van der Waals surface area (Å²) in [7, 11) is 0. The highest BCUT2D eigenvalue weighted by atomic mass is 16.7. The number of rotatable bonds is 5. The fourth-order valence-electron chi connectivity index (χ4n) is 4.11. The minimum absolute atomic E-state index is 0.143. The standard InChI is InChI=1S/C22H25N5O3/c28-22(24-9-12-26-10-3-1-2-4-11-26)17-14-25-27-18(7-8-23-21(17)27)16-5-6-19-20(13-16)30-15-29-19/h5-8,13-14H,1-4,9-12,15H2,(H,24,28). The zero-order valence-corrected chi connectivity index (χ0v) is 16.8. The maximum Gasteiger partial charge on any atom is 0.256 e. The maximum absolute atomic E-state index is 12.8. The van der Waals surface area contributed by atoms with Crippen LogP contribution in [0.5, 0.6) is 11.5 Å². The first-order valence-electron chi connectivity index (χ1n) is 10.5. The fraction of sp³-hybridized carbons (Fsp3) is 0.409. The van der Waals surface area contributed by atoms with Gasteiger partial charge in [0.25, 0.3) is 5.91 Å². The molecule has 1 fully saturated rings. The number of hydrogen-bond donors (Lipinski definition) is 1. The van der Waals surface area contributed by atoms with Crippen molar-refractivity contribution in [3.05, 3.63) is 42.2 Å². The molecule has 1 amide bonds. The van der Waals surface area contributed by atoms with Crippen LogP contribution in [0.1, 0.15) is 36.0 Å². The monoisotopic (exact) mass is 407 g/mol. The number of benzene rings is 1. The van der Waals surface area contributed by atoms with E-state index in [-0.39, 0.29) is 12.7 Å². The van der Waals surface area contributed by atoms with Gasteiger partial charge in [0.05, 0.1) is 11.9 Å². The third-order valence-electron chi connectivity index (χ3n) is 5.73. The number of hydrogen-bond acceptors (Lipinski definition) is 6. The SMILES string of the molecule is O=C(NCCN1CCCCCC1)c1cnn2c(-c3ccc4c(c3)OCO4)ccnc12. The van der Waals surface area contributed by atoms with Crippen LogP contribution in [0, 0.1) is 0 Å². The second-order valence-electron chi connectivity index (χ2n) is 7.70. The van der Waals surface area contributed by atoms with Crippen molar-refractivity contribution in [2.24, 2.45) is 0 Å². The van der Waals surface area contributed by atoms with Gasteiger partial charge in [-0.25, -0.2) is 9.50 Å². The Morgan fingerprint density at radius 1 is 1.07 bits per heavy atom. The average molecular weight is 407 g/mol. The van der Waals surface area contributed by atoms with Crippen LogP contribution in [0.15, 0.2) is 36.7 Å². The van der Waals surface area contributed by atoms with Gasteiger partial charge in [0.2, 0.25) is 6.79 Å². The zero-order chi connectivity index (χ0) is 20.3. The lowest BCUT2D eigenvalue weighted by molar-refractivity contribution is 0.0950. The van der Waals surface area contributed by atoms with Crippen molar-refractivity contribution in [1.82, 2.24) is 24.8 Å². The van der Waals surface area contributed by atoms with E-state index in [1.807, 2.05) is 24.3 Å². The van der Waals surface area contributed by atoms with Crippen molar-refractivity contribution in [3.8, 4) is 22.8 Å². The molecule has 4 heterocycles. The molecule has 1 aromatic carbocycles. The highest BCUT2D eigenvalue weighted by Gasteiger charge is 2.19. The van der Waals surface area contributed by atoms with Crippen LogP contribution in [0.4, 0.5) is 0 Å². The van der Waals surface area contributed by atoms with E-state index in [1.54, 1.807) is 16.9 Å². The molecule has 8 nitrogen and oxygen atoms in total. The number of carbonyl (C=O) groups is 1. The van der Waals surface area contributed by atoms with Crippen molar-refractivity contribution >= 4 is 11.6 Å². The number of carbonyl (C=O) groups excluding carboxylic acids is 1. The molecule has 0 unspecified atom stereocenters. The Labute approximate surface area is 174 Å².